The molecule has 1 aromatic heterocycles. The molecule has 1 aromatic carbocycles. The predicted molar refractivity (Wildman–Crippen MR) is 86.4 cm³/mol. The minimum atomic E-state index is -0.163. The van der Waals surface area contributed by atoms with E-state index in [4.69, 9.17) is 0 Å². The maximum absolute atomic E-state index is 9.66. The van der Waals surface area contributed by atoms with Crippen molar-refractivity contribution in [1.82, 2.24) is 15.2 Å². The fraction of sp³-hybridized carbons (Fsp3) is 0.438. The average Bonchev–Trinajstić information content (AvgIpc) is 3.16. The number of nitrogens with zero attached hydrogens (tertiary/aromatic N) is 2. The van der Waals surface area contributed by atoms with Gasteiger partial charge in [0.2, 0.25) is 0 Å². The van der Waals surface area contributed by atoms with Crippen LogP contribution in [0.3, 0.4) is 0 Å². The number of rotatable bonds is 5. The Kier molecular flexibility index (Phi) is 4.65. The third-order valence-electron chi connectivity index (χ3n) is 4.01. The van der Waals surface area contributed by atoms with Crippen LogP contribution in [-0.4, -0.2) is 47.8 Å². The molecule has 2 N–H and O–H groups in total. The van der Waals surface area contributed by atoms with Crippen molar-refractivity contribution in [3.8, 4) is 10.6 Å². The van der Waals surface area contributed by atoms with Gasteiger partial charge in [0.1, 0.15) is 5.01 Å². The molecule has 0 bridgehead atoms. The molecule has 0 radical (unpaired) electrons. The van der Waals surface area contributed by atoms with Gasteiger partial charge in [-0.3, -0.25) is 4.90 Å². The summed E-state index contributed by atoms with van der Waals surface area (Å²) >= 11 is 1.66. The first-order valence-electron chi connectivity index (χ1n) is 7.34. The number of β-amino-alcohol motifs (C(OH)–C–C–N with tert-alkyl or cyclic N) is 1. The van der Waals surface area contributed by atoms with Crippen LogP contribution < -0.4 is 5.32 Å². The highest BCUT2D eigenvalue weighted by Crippen LogP contribution is 2.25. The Morgan fingerprint density at radius 1 is 1.52 bits per heavy atom. The Morgan fingerprint density at radius 2 is 2.43 bits per heavy atom. The molecular weight excluding hydrogens is 282 g/mol. The van der Waals surface area contributed by atoms with Crippen molar-refractivity contribution in [1.29, 1.82) is 0 Å². The van der Waals surface area contributed by atoms with E-state index in [0.29, 0.717) is 0 Å². The Hall–Kier alpha value is -1.27. The normalized spacial score (nSPS) is 20.8. The summed E-state index contributed by atoms with van der Waals surface area (Å²) in [6.45, 7) is 2.69. The number of hydrogen-bond acceptors (Lipinski definition) is 5. The van der Waals surface area contributed by atoms with Crippen molar-refractivity contribution in [2.45, 2.75) is 18.6 Å². The maximum atomic E-state index is 9.66. The van der Waals surface area contributed by atoms with Crippen LogP contribution in [0.1, 0.15) is 18.0 Å². The Labute approximate surface area is 129 Å². The van der Waals surface area contributed by atoms with Gasteiger partial charge in [-0.15, -0.1) is 11.3 Å². The Bertz CT molecular complexity index is 573. The molecule has 21 heavy (non-hydrogen) atoms. The maximum Gasteiger partial charge on any atom is 0.123 e. The Balaban J connectivity index is 1.76. The summed E-state index contributed by atoms with van der Waals surface area (Å²) in [5.41, 5.74) is 2.44. The summed E-state index contributed by atoms with van der Waals surface area (Å²) in [4.78, 5) is 6.70. The zero-order valence-corrected chi connectivity index (χ0v) is 13.0. The first kappa shape index (κ1) is 14.7. The molecule has 0 aliphatic carbocycles. The molecule has 2 heterocycles. The van der Waals surface area contributed by atoms with E-state index >= 15 is 0 Å². The highest BCUT2D eigenvalue weighted by Gasteiger charge is 2.23. The lowest BCUT2D eigenvalue weighted by atomic mass is 10.0. The van der Waals surface area contributed by atoms with Crippen LogP contribution in [0.2, 0.25) is 0 Å². The van der Waals surface area contributed by atoms with Crippen molar-refractivity contribution in [3.63, 3.8) is 0 Å². The van der Waals surface area contributed by atoms with Crippen molar-refractivity contribution in [2.24, 2.45) is 0 Å². The molecule has 1 aliphatic heterocycles. The minimum Gasteiger partial charge on any atom is -0.392 e. The first-order valence-corrected chi connectivity index (χ1v) is 8.21. The molecule has 1 fully saturated rings. The van der Waals surface area contributed by atoms with Gasteiger partial charge in [0.05, 0.1) is 6.10 Å². The molecule has 0 spiro atoms. The van der Waals surface area contributed by atoms with Crippen LogP contribution >= 0.6 is 11.3 Å². The zero-order valence-electron chi connectivity index (χ0n) is 12.2. The molecule has 1 saturated heterocycles. The summed E-state index contributed by atoms with van der Waals surface area (Å²) < 4.78 is 0. The molecule has 0 amide bonds. The standard InChI is InChI=1S/C16H21N3OS/c1-17-15(11-19-7-5-14(20)10-19)12-3-2-4-13(9-12)16-18-6-8-21-16/h2-4,6,8-9,14-15,17,20H,5,7,10-11H2,1H3. The van der Waals surface area contributed by atoms with Crippen molar-refractivity contribution >= 4 is 11.3 Å². The van der Waals surface area contributed by atoms with Gasteiger partial charge in [-0.1, -0.05) is 18.2 Å². The van der Waals surface area contributed by atoms with E-state index in [0.717, 1.165) is 31.1 Å². The van der Waals surface area contributed by atoms with Crippen LogP contribution in [0.4, 0.5) is 0 Å². The fourth-order valence-corrected chi connectivity index (χ4v) is 3.49. The number of aromatic nitrogens is 1. The minimum absolute atomic E-state index is 0.163. The lowest BCUT2D eigenvalue weighted by molar-refractivity contribution is 0.173. The van der Waals surface area contributed by atoms with Crippen LogP contribution in [0.5, 0.6) is 0 Å². The number of benzene rings is 1. The first-order chi connectivity index (χ1) is 10.3. The summed E-state index contributed by atoms with van der Waals surface area (Å²) in [6, 6.07) is 8.84. The predicted octanol–water partition coefficient (Wildman–Crippen LogP) is 2.14. The highest BCUT2D eigenvalue weighted by molar-refractivity contribution is 7.13. The molecule has 2 aromatic rings. The van der Waals surface area contributed by atoms with Gasteiger partial charge < -0.3 is 10.4 Å². The van der Waals surface area contributed by atoms with Crippen molar-refractivity contribution in [3.05, 3.63) is 41.4 Å². The smallest absolute Gasteiger partial charge is 0.123 e. The lowest BCUT2D eigenvalue weighted by Gasteiger charge is -2.23. The summed E-state index contributed by atoms with van der Waals surface area (Å²) in [7, 11) is 1.99. The Morgan fingerprint density at radius 3 is 3.10 bits per heavy atom. The summed E-state index contributed by atoms with van der Waals surface area (Å²) in [6.07, 6.45) is 2.56. The zero-order chi connectivity index (χ0) is 14.7. The van der Waals surface area contributed by atoms with Gasteiger partial charge in [-0.2, -0.15) is 0 Å². The van der Waals surface area contributed by atoms with Crippen LogP contribution in [-0.2, 0) is 0 Å². The number of aliphatic hydroxyl groups is 1. The topological polar surface area (TPSA) is 48.4 Å². The summed E-state index contributed by atoms with van der Waals surface area (Å²) in [5, 5.41) is 16.1. The van der Waals surface area contributed by atoms with Crippen molar-refractivity contribution < 1.29 is 5.11 Å². The van der Waals surface area contributed by atoms with Crippen LogP contribution in [0, 0.1) is 0 Å². The second kappa shape index (κ2) is 6.66. The second-order valence-corrected chi connectivity index (χ2v) is 6.40. The van der Waals surface area contributed by atoms with Crippen LogP contribution in [0.25, 0.3) is 10.6 Å². The molecule has 1 aliphatic rings. The van der Waals surface area contributed by atoms with Gasteiger partial charge >= 0.3 is 0 Å². The third-order valence-corrected chi connectivity index (χ3v) is 4.83. The number of hydrogen-bond donors (Lipinski definition) is 2. The molecule has 0 saturated carbocycles. The average molecular weight is 303 g/mol. The van der Waals surface area contributed by atoms with E-state index < -0.39 is 0 Å². The van der Waals surface area contributed by atoms with E-state index in [2.05, 4.69) is 39.5 Å². The fourth-order valence-electron chi connectivity index (χ4n) is 2.85. The number of aliphatic hydroxyl groups excluding tert-OH is 1. The molecule has 3 rings (SSSR count). The number of nitrogens with one attached hydrogen (secondary N) is 1. The van der Waals surface area contributed by atoms with Gasteiger partial charge in [-0.05, 0) is 25.1 Å². The van der Waals surface area contributed by atoms with E-state index in [-0.39, 0.29) is 12.1 Å². The third kappa shape index (κ3) is 3.49. The second-order valence-electron chi connectivity index (χ2n) is 5.51. The molecule has 5 heteroatoms. The lowest BCUT2D eigenvalue weighted by Crippen LogP contribution is -2.33. The highest BCUT2D eigenvalue weighted by atomic mass is 32.1. The van der Waals surface area contributed by atoms with E-state index in [1.54, 1.807) is 11.3 Å². The molecular formula is C16H21N3OS. The van der Waals surface area contributed by atoms with Gasteiger partial charge in [0, 0.05) is 42.8 Å². The quantitative estimate of drug-likeness (QED) is 0.888. The van der Waals surface area contributed by atoms with Gasteiger partial charge in [-0.25, -0.2) is 4.98 Å². The van der Waals surface area contributed by atoms with Gasteiger partial charge in [0.15, 0.2) is 0 Å². The number of thiazole rings is 1. The largest absolute Gasteiger partial charge is 0.392 e. The summed E-state index contributed by atoms with van der Waals surface area (Å²) in [5.74, 6) is 0. The van der Waals surface area contributed by atoms with Crippen LogP contribution in [0.15, 0.2) is 35.8 Å². The SMILES string of the molecule is CNC(CN1CCC(O)C1)c1cccc(-c2nccs2)c1. The molecule has 2 atom stereocenters. The van der Waals surface area contributed by atoms with Crippen molar-refractivity contribution in [2.75, 3.05) is 26.7 Å². The molecule has 4 nitrogen and oxygen atoms in total. The number of likely N-dealkylation sites (N-methyl/N-ethyl adjacent to an activating group) is 1. The molecule has 112 valence electrons. The number of likely N-dealkylation sites (tertiary alicyclic amines) is 1. The van der Waals surface area contributed by atoms with Gasteiger partial charge in [0.25, 0.3) is 0 Å². The van der Waals surface area contributed by atoms with E-state index in [9.17, 15) is 5.11 Å². The monoisotopic (exact) mass is 303 g/mol. The van der Waals surface area contributed by atoms with E-state index in [1.807, 2.05) is 18.6 Å². The van der Waals surface area contributed by atoms with E-state index in [1.165, 1.54) is 11.1 Å². The molecule has 2 unspecified atom stereocenters.